The molecule has 1 aromatic carbocycles. The lowest BCUT2D eigenvalue weighted by molar-refractivity contribution is -0.142. The van der Waals surface area contributed by atoms with Crippen molar-refractivity contribution in [3.05, 3.63) is 47.0 Å². The maximum absolute atomic E-state index is 11.6. The molecule has 1 atom stereocenters. The number of nitrogens with zero attached hydrogens (tertiary/aromatic N) is 2. The van der Waals surface area contributed by atoms with E-state index in [1.54, 1.807) is 0 Å². The van der Waals surface area contributed by atoms with Gasteiger partial charge in [-0.15, -0.1) is 24.8 Å². The number of hydrogen-bond acceptors (Lipinski definition) is 3. The van der Waals surface area contributed by atoms with Crippen molar-refractivity contribution in [2.75, 3.05) is 6.54 Å². The maximum atomic E-state index is 11.6. The zero-order chi connectivity index (χ0) is 20.9. The number of fused-ring (bicyclic) bond motifs is 3. The van der Waals surface area contributed by atoms with Crippen LogP contribution in [0.15, 0.2) is 24.5 Å². The third-order valence-electron chi connectivity index (χ3n) is 7.10. The Labute approximate surface area is 204 Å². The Morgan fingerprint density at radius 3 is 2.69 bits per heavy atom. The summed E-state index contributed by atoms with van der Waals surface area (Å²) >= 11 is 0. The fraction of sp³-hybridized carbons (Fsp3) is 0.600. The molecule has 0 bridgehead atoms. The number of aliphatic carboxylic acids is 1. The molecule has 32 heavy (non-hydrogen) atoms. The highest BCUT2D eigenvalue weighted by atomic mass is 35.5. The van der Waals surface area contributed by atoms with Crippen molar-refractivity contribution in [3.8, 4) is 5.69 Å². The molecule has 7 heteroatoms. The molecule has 4 rings (SSSR count). The summed E-state index contributed by atoms with van der Waals surface area (Å²) in [5.41, 5.74) is 11.8. The number of halogens is 2. The lowest BCUT2D eigenvalue weighted by Gasteiger charge is -2.23. The summed E-state index contributed by atoms with van der Waals surface area (Å²) in [6.45, 7) is 0.529. The number of carboxylic acids is 1. The van der Waals surface area contributed by atoms with E-state index in [4.69, 9.17) is 5.73 Å². The number of imidazole rings is 1. The molecule has 2 heterocycles. The molecule has 5 nitrogen and oxygen atoms in total. The third-order valence-corrected chi connectivity index (χ3v) is 7.10. The number of benzene rings is 1. The maximum Gasteiger partial charge on any atom is 0.306 e. The van der Waals surface area contributed by atoms with Crippen LogP contribution in [0.1, 0.15) is 73.9 Å². The molecule has 178 valence electrons. The van der Waals surface area contributed by atoms with Gasteiger partial charge in [0.25, 0.3) is 0 Å². The van der Waals surface area contributed by atoms with Gasteiger partial charge in [0.2, 0.25) is 0 Å². The Balaban J connectivity index is 0.00000181. The molecule has 2 aromatic rings. The van der Waals surface area contributed by atoms with Gasteiger partial charge in [0.05, 0.1) is 17.9 Å². The molecule has 0 radical (unpaired) electrons. The van der Waals surface area contributed by atoms with E-state index in [2.05, 4.69) is 27.8 Å². The number of carboxylic acid groups (broad SMARTS) is 1. The SMILES string of the molecule is Cl.Cl.NCCC[C@@H](Cc1ncn2c1CCc1cc(CCC3CCCCC3)ccc1-2)C(=O)O. The number of hydrogen-bond donors (Lipinski definition) is 2. The topological polar surface area (TPSA) is 81.1 Å². The van der Waals surface area contributed by atoms with Crippen LogP contribution in [-0.4, -0.2) is 27.2 Å². The van der Waals surface area contributed by atoms with E-state index in [-0.39, 0.29) is 24.8 Å². The normalized spacial score (nSPS) is 16.3. The van der Waals surface area contributed by atoms with Gasteiger partial charge >= 0.3 is 5.97 Å². The van der Waals surface area contributed by atoms with Gasteiger partial charge in [-0.3, -0.25) is 4.79 Å². The number of carbonyl (C=O) groups is 1. The first-order valence-electron chi connectivity index (χ1n) is 11.8. The number of rotatable bonds is 9. The van der Waals surface area contributed by atoms with E-state index in [0.717, 1.165) is 30.9 Å². The van der Waals surface area contributed by atoms with Crippen LogP contribution in [-0.2, 0) is 30.5 Å². The smallest absolute Gasteiger partial charge is 0.306 e. The Kier molecular flexibility index (Phi) is 10.5. The van der Waals surface area contributed by atoms with Crippen LogP contribution >= 0.6 is 24.8 Å². The molecule has 1 aliphatic carbocycles. The van der Waals surface area contributed by atoms with E-state index in [0.29, 0.717) is 19.4 Å². The number of aromatic nitrogens is 2. The fourth-order valence-corrected chi connectivity index (χ4v) is 5.29. The highest BCUT2D eigenvalue weighted by Gasteiger charge is 2.25. The number of aryl methyl sites for hydroxylation is 2. The van der Waals surface area contributed by atoms with Gasteiger partial charge in [-0.2, -0.15) is 0 Å². The molecular formula is C25H37Cl2N3O2. The summed E-state index contributed by atoms with van der Waals surface area (Å²) in [4.78, 5) is 16.3. The minimum Gasteiger partial charge on any atom is -0.481 e. The molecule has 0 spiro atoms. The van der Waals surface area contributed by atoms with Gasteiger partial charge in [0, 0.05) is 17.8 Å². The van der Waals surface area contributed by atoms with Crippen molar-refractivity contribution < 1.29 is 9.90 Å². The van der Waals surface area contributed by atoms with Crippen LogP contribution in [0.25, 0.3) is 5.69 Å². The van der Waals surface area contributed by atoms with Crippen LogP contribution in [0, 0.1) is 11.8 Å². The van der Waals surface area contributed by atoms with Crippen LogP contribution < -0.4 is 5.73 Å². The van der Waals surface area contributed by atoms with Gasteiger partial charge in [-0.25, -0.2) is 4.98 Å². The van der Waals surface area contributed by atoms with Crippen molar-refractivity contribution in [2.24, 2.45) is 17.6 Å². The summed E-state index contributed by atoms with van der Waals surface area (Å²) < 4.78 is 2.18. The lowest BCUT2D eigenvalue weighted by atomic mass is 9.85. The minimum atomic E-state index is -0.746. The van der Waals surface area contributed by atoms with Crippen molar-refractivity contribution in [1.82, 2.24) is 9.55 Å². The monoisotopic (exact) mass is 481 g/mol. The van der Waals surface area contributed by atoms with Crippen LogP contribution in [0.4, 0.5) is 0 Å². The molecule has 0 amide bonds. The molecule has 1 fully saturated rings. The van der Waals surface area contributed by atoms with Crippen LogP contribution in [0.2, 0.25) is 0 Å². The molecular weight excluding hydrogens is 445 g/mol. The standard InChI is InChI=1S/C25H35N3O2.2ClH/c26-14-4-7-21(25(29)30)16-22-24-13-11-20-15-19(9-8-18-5-2-1-3-6-18)10-12-23(20)28(24)17-27-22;;/h10,12,15,17-18,21H,1-9,11,13-14,16,26H2,(H,29,30);2*1H/t21-;;/m0../s1. The zero-order valence-corrected chi connectivity index (χ0v) is 20.4. The Bertz CT molecular complexity index is 878. The van der Waals surface area contributed by atoms with E-state index in [9.17, 15) is 9.90 Å². The second-order valence-electron chi connectivity index (χ2n) is 9.18. The molecule has 0 unspecified atom stereocenters. The van der Waals surface area contributed by atoms with E-state index < -0.39 is 11.9 Å². The van der Waals surface area contributed by atoms with Gasteiger partial charge in [0.1, 0.15) is 0 Å². The van der Waals surface area contributed by atoms with Gasteiger partial charge in [-0.1, -0.05) is 44.2 Å². The molecule has 0 saturated heterocycles. The summed E-state index contributed by atoms with van der Waals surface area (Å²) in [5, 5.41) is 9.56. The quantitative estimate of drug-likeness (QED) is 0.508. The Hall–Kier alpha value is -1.56. The molecule has 3 N–H and O–H groups in total. The summed E-state index contributed by atoms with van der Waals surface area (Å²) in [6.07, 6.45) is 15.2. The fourth-order valence-electron chi connectivity index (χ4n) is 5.29. The van der Waals surface area contributed by atoms with E-state index in [1.807, 2.05) is 6.33 Å². The summed E-state index contributed by atoms with van der Waals surface area (Å²) in [6, 6.07) is 6.91. The lowest BCUT2D eigenvalue weighted by Crippen LogP contribution is -2.20. The average Bonchev–Trinajstić information content (AvgIpc) is 3.18. The average molecular weight is 482 g/mol. The van der Waals surface area contributed by atoms with Gasteiger partial charge in [-0.05, 0) is 68.2 Å². The predicted octanol–water partition coefficient (Wildman–Crippen LogP) is 5.31. The van der Waals surface area contributed by atoms with Crippen molar-refractivity contribution >= 4 is 30.8 Å². The van der Waals surface area contributed by atoms with E-state index in [1.165, 1.54) is 67.5 Å². The molecule has 1 saturated carbocycles. The first kappa shape index (κ1) is 26.7. The van der Waals surface area contributed by atoms with Crippen LogP contribution in [0.5, 0.6) is 0 Å². The molecule has 2 aliphatic rings. The van der Waals surface area contributed by atoms with Crippen molar-refractivity contribution in [3.63, 3.8) is 0 Å². The summed E-state index contributed by atoms with van der Waals surface area (Å²) in [5.74, 6) is -0.236. The van der Waals surface area contributed by atoms with Crippen LogP contribution in [0.3, 0.4) is 0 Å². The molecule has 1 aliphatic heterocycles. The zero-order valence-electron chi connectivity index (χ0n) is 18.8. The van der Waals surface area contributed by atoms with Gasteiger partial charge in [0.15, 0.2) is 0 Å². The second kappa shape index (κ2) is 12.6. The van der Waals surface area contributed by atoms with Gasteiger partial charge < -0.3 is 15.4 Å². The predicted molar refractivity (Wildman–Crippen MR) is 133 cm³/mol. The largest absolute Gasteiger partial charge is 0.481 e. The van der Waals surface area contributed by atoms with Crippen molar-refractivity contribution in [1.29, 1.82) is 0 Å². The summed E-state index contributed by atoms with van der Waals surface area (Å²) in [7, 11) is 0. The second-order valence-corrected chi connectivity index (χ2v) is 9.18. The Morgan fingerprint density at radius 1 is 1.19 bits per heavy atom. The highest BCUT2D eigenvalue weighted by molar-refractivity contribution is 5.85. The molecule has 1 aromatic heterocycles. The number of nitrogens with two attached hydrogens (primary N) is 1. The highest BCUT2D eigenvalue weighted by Crippen LogP contribution is 2.31. The van der Waals surface area contributed by atoms with Crippen molar-refractivity contribution in [2.45, 2.75) is 77.0 Å². The Morgan fingerprint density at radius 2 is 1.97 bits per heavy atom. The van der Waals surface area contributed by atoms with E-state index >= 15 is 0 Å². The first-order chi connectivity index (χ1) is 14.7. The minimum absolute atomic E-state index is 0. The third kappa shape index (κ3) is 6.27. The first-order valence-corrected chi connectivity index (χ1v) is 11.8.